The summed E-state index contributed by atoms with van der Waals surface area (Å²) in [6.07, 6.45) is 12.3. The fourth-order valence-electron chi connectivity index (χ4n) is 4.44. The molecule has 0 saturated heterocycles. The first kappa shape index (κ1) is 25.9. The molecule has 4 rings (SSSR count). The van der Waals surface area contributed by atoms with E-state index in [0.29, 0.717) is 26.1 Å². The lowest BCUT2D eigenvalue weighted by Crippen LogP contribution is -2.32. The monoisotopic (exact) mass is 499 g/mol. The lowest BCUT2D eigenvalue weighted by Gasteiger charge is -2.27. The maximum atomic E-state index is 13.3. The SMILES string of the molecule is CCCCCOc1ccc(C2C(C(=O)/C=C/c3ccccc3)=C(O)C(=O)N2CCCn2ccnc2)cc1. The van der Waals surface area contributed by atoms with E-state index in [-0.39, 0.29) is 5.57 Å². The summed E-state index contributed by atoms with van der Waals surface area (Å²) < 4.78 is 7.77. The van der Waals surface area contributed by atoms with Crippen molar-refractivity contribution in [3.63, 3.8) is 0 Å². The number of aryl methyl sites for hydroxylation is 1. The van der Waals surface area contributed by atoms with Gasteiger partial charge in [-0.3, -0.25) is 9.59 Å². The molecule has 37 heavy (non-hydrogen) atoms. The minimum absolute atomic E-state index is 0.0939. The normalized spacial score (nSPS) is 15.6. The highest BCUT2D eigenvalue weighted by molar-refractivity contribution is 6.14. The second-order valence-corrected chi connectivity index (χ2v) is 9.05. The molecule has 0 aliphatic carbocycles. The molecule has 1 atom stereocenters. The number of imidazole rings is 1. The van der Waals surface area contributed by atoms with Crippen molar-refractivity contribution in [3.8, 4) is 5.75 Å². The van der Waals surface area contributed by atoms with Crippen LogP contribution < -0.4 is 4.74 Å². The van der Waals surface area contributed by atoms with Gasteiger partial charge in [-0.25, -0.2) is 4.98 Å². The van der Waals surface area contributed by atoms with Gasteiger partial charge in [0.05, 0.1) is 24.5 Å². The van der Waals surface area contributed by atoms with E-state index in [1.54, 1.807) is 23.5 Å². The van der Waals surface area contributed by atoms with Crippen LogP contribution in [-0.4, -0.2) is 44.4 Å². The summed E-state index contributed by atoms with van der Waals surface area (Å²) in [6.45, 7) is 3.83. The molecule has 2 aromatic carbocycles. The third-order valence-corrected chi connectivity index (χ3v) is 6.38. The van der Waals surface area contributed by atoms with Crippen molar-refractivity contribution in [2.24, 2.45) is 0 Å². The van der Waals surface area contributed by atoms with Gasteiger partial charge in [-0.1, -0.05) is 68.3 Å². The fourth-order valence-corrected chi connectivity index (χ4v) is 4.44. The largest absolute Gasteiger partial charge is 0.503 e. The summed E-state index contributed by atoms with van der Waals surface area (Å²) >= 11 is 0. The molecule has 1 amide bonds. The molecule has 3 aromatic rings. The summed E-state index contributed by atoms with van der Waals surface area (Å²) in [5, 5.41) is 10.8. The predicted molar refractivity (Wildman–Crippen MR) is 143 cm³/mol. The predicted octanol–water partition coefficient (Wildman–Crippen LogP) is 5.52. The molecular weight excluding hydrogens is 466 g/mol. The Labute approximate surface area is 217 Å². The number of aliphatic hydroxyl groups excluding tert-OH is 1. The van der Waals surface area contributed by atoms with Gasteiger partial charge in [0.2, 0.25) is 0 Å². The van der Waals surface area contributed by atoms with Gasteiger partial charge >= 0.3 is 0 Å². The smallest absolute Gasteiger partial charge is 0.290 e. The van der Waals surface area contributed by atoms with Crippen LogP contribution in [0.15, 0.2) is 90.7 Å². The van der Waals surface area contributed by atoms with Crippen LogP contribution in [0.1, 0.15) is 49.8 Å². The van der Waals surface area contributed by atoms with Crippen LogP contribution in [0.25, 0.3) is 6.08 Å². The number of hydrogen-bond acceptors (Lipinski definition) is 5. The second-order valence-electron chi connectivity index (χ2n) is 9.05. The number of aliphatic hydroxyl groups is 1. The Morgan fingerprint density at radius 1 is 1.05 bits per heavy atom. The van der Waals surface area contributed by atoms with Crippen LogP contribution in [0.2, 0.25) is 0 Å². The van der Waals surface area contributed by atoms with Crippen LogP contribution in [0.5, 0.6) is 5.75 Å². The molecule has 1 aliphatic rings. The van der Waals surface area contributed by atoms with Gasteiger partial charge in [0.25, 0.3) is 5.91 Å². The number of unbranched alkanes of at least 4 members (excludes halogenated alkanes) is 2. The summed E-state index contributed by atoms with van der Waals surface area (Å²) in [5.74, 6) is -0.681. The van der Waals surface area contributed by atoms with Crippen molar-refractivity contribution in [1.82, 2.24) is 14.5 Å². The number of benzene rings is 2. The van der Waals surface area contributed by atoms with Gasteiger partial charge in [-0.05, 0) is 42.2 Å². The van der Waals surface area contributed by atoms with Crippen LogP contribution in [0.4, 0.5) is 0 Å². The summed E-state index contributed by atoms with van der Waals surface area (Å²) in [6, 6.07) is 16.2. The number of carbonyl (C=O) groups excluding carboxylic acids is 2. The molecule has 0 radical (unpaired) electrons. The summed E-state index contributed by atoms with van der Waals surface area (Å²) in [7, 11) is 0. The first-order valence-electron chi connectivity index (χ1n) is 12.8. The van der Waals surface area contributed by atoms with E-state index in [9.17, 15) is 14.7 Å². The molecular formula is C30H33N3O4. The quantitative estimate of drug-likeness (QED) is 0.247. The van der Waals surface area contributed by atoms with Gasteiger partial charge < -0.3 is 19.3 Å². The lowest BCUT2D eigenvalue weighted by atomic mass is 9.95. The van der Waals surface area contributed by atoms with Gasteiger partial charge in [-0.15, -0.1) is 0 Å². The van der Waals surface area contributed by atoms with E-state index in [1.807, 2.05) is 65.4 Å². The van der Waals surface area contributed by atoms with Crippen molar-refractivity contribution in [2.45, 2.75) is 45.2 Å². The molecule has 1 aliphatic heterocycles. The zero-order valence-corrected chi connectivity index (χ0v) is 21.1. The molecule has 0 bridgehead atoms. The number of carbonyl (C=O) groups is 2. The number of amides is 1. The number of ether oxygens (including phenoxy) is 1. The van der Waals surface area contributed by atoms with E-state index in [0.717, 1.165) is 36.1 Å². The van der Waals surface area contributed by atoms with Crippen molar-refractivity contribution in [2.75, 3.05) is 13.2 Å². The van der Waals surface area contributed by atoms with Crippen LogP contribution in [0, 0.1) is 0 Å². The number of allylic oxidation sites excluding steroid dienone is 1. The van der Waals surface area contributed by atoms with Crippen LogP contribution >= 0.6 is 0 Å². The Morgan fingerprint density at radius 2 is 1.84 bits per heavy atom. The molecule has 192 valence electrons. The molecule has 1 unspecified atom stereocenters. The molecule has 0 spiro atoms. The van der Waals surface area contributed by atoms with E-state index in [2.05, 4.69) is 11.9 Å². The Balaban J connectivity index is 1.56. The van der Waals surface area contributed by atoms with Crippen molar-refractivity contribution < 1.29 is 19.4 Å². The van der Waals surface area contributed by atoms with Gasteiger partial charge in [0.1, 0.15) is 5.75 Å². The van der Waals surface area contributed by atoms with Crippen molar-refractivity contribution in [1.29, 1.82) is 0 Å². The molecule has 7 heteroatoms. The maximum Gasteiger partial charge on any atom is 0.290 e. The zero-order chi connectivity index (χ0) is 26.0. The highest BCUT2D eigenvalue weighted by Crippen LogP contribution is 2.38. The Morgan fingerprint density at radius 3 is 2.54 bits per heavy atom. The first-order chi connectivity index (χ1) is 18.1. The van der Waals surface area contributed by atoms with E-state index < -0.39 is 23.5 Å². The molecule has 2 heterocycles. The van der Waals surface area contributed by atoms with E-state index in [1.165, 1.54) is 6.08 Å². The average Bonchev–Trinajstić information content (AvgIpc) is 3.53. The van der Waals surface area contributed by atoms with Gasteiger partial charge in [-0.2, -0.15) is 0 Å². The molecule has 1 N–H and O–H groups in total. The second kappa shape index (κ2) is 12.7. The molecule has 7 nitrogen and oxygen atoms in total. The van der Waals surface area contributed by atoms with E-state index in [4.69, 9.17) is 4.74 Å². The number of nitrogens with zero attached hydrogens (tertiary/aromatic N) is 3. The fraction of sp³-hybridized carbons (Fsp3) is 0.300. The molecule has 0 saturated carbocycles. The van der Waals surface area contributed by atoms with Crippen LogP contribution in [0.3, 0.4) is 0 Å². The van der Waals surface area contributed by atoms with Crippen molar-refractivity contribution in [3.05, 3.63) is 102 Å². The topological polar surface area (TPSA) is 84.7 Å². The van der Waals surface area contributed by atoms with Crippen molar-refractivity contribution >= 4 is 17.8 Å². The molecule has 1 aromatic heterocycles. The summed E-state index contributed by atoms with van der Waals surface area (Å²) in [4.78, 5) is 32.1. The minimum Gasteiger partial charge on any atom is -0.503 e. The Hall–Kier alpha value is -4.13. The Kier molecular flexibility index (Phi) is 8.92. The third-order valence-electron chi connectivity index (χ3n) is 6.38. The molecule has 0 fully saturated rings. The zero-order valence-electron chi connectivity index (χ0n) is 21.1. The first-order valence-corrected chi connectivity index (χ1v) is 12.8. The van der Waals surface area contributed by atoms with Gasteiger partial charge in [0.15, 0.2) is 11.5 Å². The minimum atomic E-state index is -0.683. The number of ketones is 1. The number of aromatic nitrogens is 2. The highest BCUT2D eigenvalue weighted by Gasteiger charge is 2.42. The number of rotatable bonds is 13. The Bertz CT molecular complexity index is 1230. The summed E-state index contributed by atoms with van der Waals surface area (Å²) in [5.41, 5.74) is 1.70. The highest BCUT2D eigenvalue weighted by atomic mass is 16.5. The average molecular weight is 500 g/mol. The maximum absolute atomic E-state index is 13.3. The van der Waals surface area contributed by atoms with Crippen LogP contribution in [-0.2, 0) is 16.1 Å². The van der Waals surface area contributed by atoms with Gasteiger partial charge in [0, 0.05) is 25.5 Å². The van der Waals surface area contributed by atoms with E-state index >= 15 is 0 Å². The standard InChI is InChI=1S/C30H33N3O4/c1-2-3-7-21-37-25-14-12-24(13-15-25)28-27(26(34)16-11-23-9-5-4-6-10-23)29(35)30(36)33(28)19-8-18-32-20-17-31-22-32/h4-6,9-17,20,22,28,35H,2-3,7-8,18-19,21H2,1H3/b16-11+. The number of hydrogen-bond donors (Lipinski definition) is 1. The third kappa shape index (κ3) is 6.55. The lowest BCUT2D eigenvalue weighted by molar-refractivity contribution is -0.129.